The molecule has 0 radical (unpaired) electrons. The van der Waals surface area contributed by atoms with Crippen molar-refractivity contribution in [3.8, 4) is 0 Å². The number of carbonyl (C=O) groups is 3. The maximum absolute atomic E-state index is 12.2. The van der Waals surface area contributed by atoms with Crippen molar-refractivity contribution in [2.45, 2.75) is 26.0 Å². The molecule has 2 N–H and O–H groups in total. The fourth-order valence-corrected chi connectivity index (χ4v) is 2.59. The van der Waals surface area contributed by atoms with Crippen LogP contribution in [0, 0.1) is 10.1 Å². The van der Waals surface area contributed by atoms with Gasteiger partial charge in [-0.1, -0.05) is 29.3 Å². The lowest BCUT2D eigenvalue weighted by Crippen LogP contribution is -2.42. The third-order valence-electron chi connectivity index (χ3n) is 3.87. The van der Waals surface area contributed by atoms with E-state index in [9.17, 15) is 24.5 Å². The Labute approximate surface area is 181 Å². The molecule has 0 spiro atoms. The van der Waals surface area contributed by atoms with Gasteiger partial charge in [-0.25, -0.2) is 4.79 Å². The van der Waals surface area contributed by atoms with E-state index in [-0.39, 0.29) is 22.0 Å². The Morgan fingerprint density at radius 2 is 1.80 bits per heavy atom. The van der Waals surface area contributed by atoms with Crippen LogP contribution in [-0.4, -0.2) is 34.9 Å². The highest BCUT2D eigenvalue weighted by atomic mass is 35.5. The highest BCUT2D eigenvalue weighted by Gasteiger charge is 2.24. The number of nitro benzene ring substituents is 1. The molecule has 11 heteroatoms. The van der Waals surface area contributed by atoms with Gasteiger partial charge < -0.3 is 15.4 Å². The van der Waals surface area contributed by atoms with Gasteiger partial charge in [0.05, 0.1) is 15.6 Å². The van der Waals surface area contributed by atoms with Crippen LogP contribution in [0.1, 0.15) is 24.2 Å². The predicted molar refractivity (Wildman–Crippen MR) is 111 cm³/mol. The number of nitrogens with one attached hydrogen (secondary N) is 2. The van der Waals surface area contributed by atoms with E-state index in [0.29, 0.717) is 5.02 Å². The minimum absolute atomic E-state index is 0.00485. The lowest BCUT2D eigenvalue weighted by Gasteiger charge is -2.18. The Kier molecular flexibility index (Phi) is 7.73. The average molecular weight is 454 g/mol. The number of hydrogen-bond acceptors (Lipinski definition) is 6. The summed E-state index contributed by atoms with van der Waals surface area (Å²) in [6.07, 6.45) is -1.19. The summed E-state index contributed by atoms with van der Waals surface area (Å²) in [6.45, 7) is 2.71. The number of rotatable bonds is 7. The molecule has 0 saturated heterocycles. The van der Waals surface area contributed by atoms with E-state index in [1.54, 1.807) is 6.07 Å². The predicted octanol–water partition coefficient (Wildman–Crippen LogP) is 3.59. The number of nitrogens with zero attached hydrogens (tertiary/aromatic N) is 1. The first-order chi connectivity index (χ1) is 14.1. The van der Waals surface area contributed by atoms with Crippen LogP contribution in [0.5, 0.6) is 0 Å². The molecule has 2 rings (SSSR count). The molecule has 0 aliphatic carbocycles. The summed E-state index contributed by atoms with van der Waals surface area (Å²) in [5.41, 5.74) is -0.00261. The first kappa shape index (κ1) is 23.1. The van der Waals surface area contributed by atoms with Crippen LogP contribution in [0.15, 0.2) is 42.5 Å². The maximum Gasteiger partial charge on any atom is 0.329 e. The van der Waals surface area contributed by atoms with Gasteiger partial charge in [-0.3, -0.25) is 19.7 Å². The van der Waals surface area contributed by atoms with Crippen molar-refractivity contribution in [1.29, 1.82) is 0 Å². The van der Waals surface area contributed by atoms with Crippen LogP contribution < -0.4 is 10.6 Å². The molecule has 0 aliphatic heterocycles. The van der Waals surface area contributed by atoms with Gasteiger partial charge in [0.1, 0.15) is 6.04 Å². The van der Waals surface area contributed by atoms with E-state index >= 15 is 0 Å². The first-order valence-electron chi connectivity index (χ1n) is 8.60. The van der Waals surface area contributed by atoms with E-state index < -0.39 is 34.9 Å². The topological polar surface area (TPSA) is 128 Å². The number of non-ortho nitro benzene ring substituents is 1. The molecule has 1 unspecified atom stereocenters. The van der Waals surface area contributed by atoms with Crippen molar-refractivity contribution in [2.75, 3.05) is 5.32 Å². The molecule has 2 aromatic rings. The van der Waals surface area contributed by atoms with Gasteiger partial charge >= 0.3 is 5.97 Å². The van der Waals surface area contributed by atoms with Crippen molar-refractivity contribution < 1.29 is 24.0 Å². The standard InChI is InChI=1S/C19H17Cl2N3O6/c1-10(22-18(26)12-4-3-5-14(8-12)24(28)29)19(27)30-11(2)17(25)23-16-9-13(20)6-7-15(16)21/h3-11H,1-2H3,(H,22,26)(H,23,25)/t10-,11?/m0/s1. The molecule has 0 fully saturated rings. The number of carbonyl (C=O) groups excluding carboxylic acids is 3. The molecule has 0 heterocycles. The van der Waals surface area contributed by atoms with Crippen molar-refractivity contribution >= 4 is 52.4 Å². The Morgan fingerprint density at radius 3 is 2.47 bits per heavy atom. The van der Waals surface area contributed by atoms with Crippen molar-refractivity contribution in [1.82, 2.24) is 5.32 Å². The molecule has 2 atom stereocenters. The third-order valence-corrected chi connectivity index (χ3v) is 4.43. The van der Waals surface area contributed by atoms with Gasteiger partial charge in [0.2, 0.25) is 0 Å². The highest BCUT2D eigenvalue weighted by Crippen LogP contribution is 2.25. The van der Waals surface area contributed by atoms with Gasteiger partial charge in [-0.05, 0) is 38.1 Å². The second kappa shape index (κ2) is 10.0. The summed E-state index contributed by atoms with van der Waals surface area (Å²) in [4.78, 5) is 46.8. The molecule has 30 heavy (non-hydrogen) atoms. The molecule has 0 aromatic heterocycles. The fraction of sp³-hybridized carbons (Fsp3) is 0.211. The second-order valence-electron chi connectivity index (χ2n) is 6.20. The summed E-state index contributed by atoms with van der Waals surface area (Å²) in [5, 5.41) is 16.3. The van der Waals surface area contributed by atoms with Crippen molar-refractivity contribution in [3.05, 3.63) is 68.2 Å². The molecule has 9 nitrogen and oxygen atoms in total. The van der Waals surface area contributed by atoms with Crippen LogP contribution in [-0.2, 0) is 14.3 Å². The van der Waals surface area contributed by atoms with Crippen LogP contribution in [0.3, 0.4) is 0 Å². The minimum atomic E-state index is -1.19. The average Bonchev–Trinajstić information content (AvgIpc) is 2.70. The van der Waals surface area contributed by atoms with Crippen molar-refractivity contribution in [2.24, 2.45) is 0 Å². The number of esters is 1. The van der Waals surface area contributed by atoms with E-state index in [4.69, 9.17) is 27.9 Å². The largest absolute Gasteiger partial charge is 0.451 e. The highest BCUT2D eigenvalue weighted by molar-refractivity contribution is 6.35. The van der Waals surface area contributed by atoms with Gasteiger partial charge in [-0.2, -0.15) is 0 Å². The summed E-state index contributed by atoms with van der Waals surface area (Å²) in [5.74, 6) is -2.22. The quantitative estimate of drug-likeness (QED) is 0.374. The molecular weight excluding hydrogens is 437 g/mol. The Hall–Kier alpha value is -3.17. The SMILES string of the molecule is CC(OC(=O)[C@H](C)NC(=O)c1cccc([N+](=O)[O-])c1)C(=O)Nc1cc(Cl)ccc1Cl. The molecule has 0 saturated carbocycles. The minimum Gasteiger partial charge on any atom is -0.451 e. The summed E-state index contributed by atoms with van der Waals surface area (Å²) in [7, 11) is 0. The molecule has 2 amide bonds. The Balaban J connectivity index is 1.95. The van der Waals surface area contributed by atoms with Gasteiger partial charge in [-0.15, -0.1) is 0 Å². The van der Waals surface area contributed by atoms with E-state index in [1.807, 2.05) is 0 Å². The fourth-order valence-electron chi connectivity index (χ4n) is 2.26. The maximum atomic E-state index is 12.2. The van der Waals surface area contributed by atoms with E-state index in [0.717, 1.165) is 6.07 Å². The smallest absolute Gasteiger partial charge is 0.329 e. The normalized spacial score (nSPS) is 12.4. The van der Waals surface area contributed by atoms with E-state index in [1.165, 1.54) is 44.2 Å². The first-order valence-corrected chi connectivity index (χ1v) is 9.35. The number of nitro groups is 1. The zero-order chi connectivity index (χ0) is 22.4. The number of anilines is 1. The number of ether oxygens (including phenoxy) is 1. The monoisotopic (exact) mass is 453 g/mol. The van der Waals surface area contributed by atoms with Gasteiger partial charge in [0, 0.05) is 22.7 Å². The van der Waals surface area contributed by atoms with Crippen LogP contribution in [0.2, 0.25) is 10.0 Å². The van der Waals surface area contributed by atoms with Crippen LogP contribution >= 0.6 is 23.2 Å². The second-order valence-corrected chi connectivity index (χ2v) is 7.04. The van der Waals surface area contributed by atoms with Gasteiger partial charge in [0.25, 0.3) is 17.5 Å². The molecule has 0 aliphatic rings. The number of hydrogen-bond donors (Lipinski definition) is 2. The molecule has 2 aromatic carbocycles. The van der Waals surface area contributed by atoms with E-state index in [2.05, 4.69) is 10.6 Å². The lowest BCUT2D eigenvalue weighted by atomic mass is 10.2. The van der Waals surface area contributed by atoms with Crippen molar-refractivity contribution in [3.63, 3.8) is 0 Å². The summed E-state index contributed by atoms with van der Waals surface area (Å²) >= 11 is 11.8. The number of amides is 2. The third kappa shape index (κ3) is 6.16. The number of benzene rings is 2. The van der Waals surface area contributed by atoms with Gasteiger partial charge in [0.15, 0.2) is 6.10 Å². The Bertz CT molecular complexity index is 998. The molecule has 0 bridgehead atoms. The zero-order valence-electron chi connectivity index (χ0n) is 15.8. The molecule has 158 valence electrons. The summed E-state index contributed by atoms with van der Waals surface area (Å²) < 4.78 is 5.06. The lowest BCUT2D eigenvalue weighted by molar-refractivity contribution is -0.384. The summed E-state index contributed by atoms with van der Waals surface area (Å²) in [6, 6.07) is 8.42. The Morgan fingerprint density at radius 1 is 1.10 bits per heavy atom. The van der Waals surface area contributed by atoms with Crippen LogP contribution in [0.25, 0.3) is 0 Å². The number of halogens is 2. The molecular formula is C19H17Cl2N3O6. The zero-order valence-corrected chi connectivity index (χ0v) is 17.4. The van der Waals surface area contributed by atoms with Crippen LogP contribution in [0.4, 0.5) is 11.4 Å².